The minimum Gasteiger partial charge on any atom is -0.456 e. The predicted molar refractivity (Wildman–Crippen MR) is 111 cm³/mol. The molecule has 1 N–H and O–H groups in total. The number of nitrogens with one attached hydrogen (secondary N) is 1. The van der Waals surface area contributed by atoms with Crippen molar-refractivity contribution in [1.82, 2.24) is 10.2 Å². The first kappa shape index (κ1) is 21.0. The maximum absolute atomic E-state index is 12.8. The average Bonchev–Trinajstić information content (AvgIpc) is 3.30. The lowest BCUT2D eigenvalue weighted by molar-refractivity contribution is -0.148. The molecule has 0 aromatic heterocycles. The Hall–Kier alpha value is -3.26. The quantitative estimate of drug-likeness (QED) is 0.514. The van der Waals surface area contributed by atoms with Gasteiger partial charge in [0.05, 0.1) is 6.10 Å². The number of esters is 1. The molecule has 2 aliphatic heterocycles. The molecule has 162 valence electrons. The van der Waals surface area contributed by atoms with Gasteiger partial charge in [0.2, 0.25) is 0 Å². The van der Waals surface area contributed by atoms with Crippen LogP contribution in [0, 0.1) is 0 Å². The van der Waals surface area contributed by atoms with Crippen LogP contribution in [0.4, 0.5) is 0 Å². The molecule has 3 amide bonds. The van der Waals surface area contributed by atoms with E-state index in [0.29, 0.717) is 29.7 Å². The monoisotopic (exact) mass is 424 g/mol. The van der Waals surface area contributed by atoms with Crippen molar-refractivity contribution in [3.8, 4) is 0 Å². The van der Waals surface area contributed by atoms with Gasteiger partial charge in [-0.1, -0.05) is 24.3 Å². The highest BCUT2D eigenvalue weighted by atomic mass is 16.5. The second-order valence-corrected chi connectivity index (χ2v) is 7.67. The van der Waals surface area contributed by atoms with Crippen molar-refractivity contribution in [3.63, 3.8) is 0 Å². The van der Waals surface area contributed by atoms with Crippen molar-refractivity contribution in [2.75, 3.05) is 26.3 Å². The largest absolute Gasteiger partial charge is 0.456 e. The topological polar surface area (TPSA) is 102 Å². The number of imide groups is 1. The summed E-state index contributed by atoms with van der Waals surface area (Å²) in [6.07, 6.45) is 2.18. The number of rotatable bonds is 8. The zero-order valence-corrected chi connectivity index (χ0v) is 17.1. The Bertz CT molecular complexity index is 977. The fourth-order valence-electron chi connectivity index (χ4n) is 3.97. The van der Waals surface area contributed by atoms with Crippen LogP contribution >= 0.6 is 0 Å². The lowest BCUT2D eigenvalue weighted by Gasteiger charge is -2.27. The van der Waals surface area contributed by atoms with E-state index >= 15 is 0 Å². The predicted octanol–water partition coefficient (Wildman–Crippen LogP) is 2.05. The molecule has 4 rings (SSSR count). The van der Waals surface area contributed by atoms with E-state index in [1.807, 2.05) is 12.1 Å². The second kappa shape index (κ2) is 9.26. The Morgan fingerprint density at radius 3 is 2.45 bits per heavy atom. The molecule has 1 saturated heterocycles. The molecule has 2 aliphatic rings. The van der Waals surface area contributed by atoms with E-state index in [2.05, 4.69) is 5.32 Å². The number of hydrogen-bond donors (Lipinski definition) is 1. The van der Waals surface area contributed by atoms with Gasteiger partial charge in [-0.3, -0.25) is 24.1 Å². The molecule has 8 nitrogen and oxygen atoms in total. The van der Waals surface area contributed by atoms with Gasteiger partial charge in [0, 0.05) is 42.6 Å². The molecule has 2 heterocycles. The summed E-state index contributed by atoms with van der Waals surface area (Å²) in [4.78, 5) is 50.5. The summed E-state index contributed by atoms with van der Waals surface area (Å²) >= 11 is 0. The van der Waals surface area contributed by atoms with Gasteiger partial charge in [-0.25, -0.2) is 0 Å². The van der Waals surface area contributed by atoms with Crippen LogP contribution in [0.2, 0.25) is 0 Å². The lowest BCUT2D eigenvalue weighted by Crippen LogP contribution is -2.41. The van der Waals surface area contributed by atoms with E-state index in [1.54, 1.807) is 24.3 Å². The molecule has 1 fully saturated rings. The molecule has 8 heteroatoms. The minimum atomic E-state index is -0.549. The molecule has 31 heavy (non-hydrogen) atoms. The van der Waals surface area contributed by atoms with Crippen molar-refractivity contribution in [2.45, 2.75) is 31.8 Å². The third-order valence-electron chi connectivity index (χ3n) is 5.53. The van der Waals surface area contributed by atoms with Crippen LogP contribution in [-0.4, -0.2) is 61.0 Å². The third-order valence-corrected chi connectivity index (χ3v) is 5.53. The number of ether oxygens (including phenoxy) is 2. The summed E-state index contributed by atoms with van der Waals surface area (Å²) in [5.41, 5.74) is 0.969. The highest BCUT2D eigenvalue weighted by Crippen LogP contribution is 2.30. The van der Waals surface area contributed by atoms with E-state index in [0.717, 1.165) is 18.2 Å². The van der Waals surface area contributed by atoms with Crippen LogP contribution in [0.15, 0.2) is 36.4 Å². The minimum absolute atomic E-state index is 0.00191. The smallest absolute Gasteiger partial charge is 0.306 e. The van der Waals surface area contributed by atoms with Gasteiger partial charge in [0.1, 0.15) is 0 Å². The van der Waals surface area contributed by atoms with Gasteiger partial charge in [-0.15, -0.1) is 0 Å². The van der Waals surface area contributed by atoms with Gasteiger partial charge in [0.25, 0.3) is 17.7 Å². The van der Waals surface area contributed by atoms with E-state index in [-0.39, 0.29) is 49.8 Å². The highest BCUT2D eigenvalue weighted by Gasteiger charge is 2.32. The van der Waals surface area contributed by atoms with Crippen molar-refractivity contribution in [1.29, 1.82) is 0 Å². The van der Waals surface area contributed by atoms with Gasteiger partial charge < -0.3 is 14.8 Å². The summed E-state index contributed by atoms with van der Waals surface area (Å²) in [5.74, 6) is -1.66. The summed E-state index contributed by atoms with van der Waals surface area (Å²) < 4.78 is 10.4. The molecule has 0 radical (unpaired) electrons. The fourth-order valence-corrected chi connectivity index (χ4v) is 3.97. The maximum atomic E-state index is 12.8. The first-order valence-electron chi connectivity index (χ1n) is 10.5. The summed E-state index contributed by atoms with van der Waals surface area (Å²) in [6, 6.07) is 10.7. The van der Waals surface area contributed by atoms with Gasteiger partial charge in [-0.2, -0.15) is 0 Å². The van der Waals surface area contributed by atoms with Crippen LogP contribution in [0.5, 0.6) is 0 Å². The van der Waals surface area contributed by atoms with Crippen LogP contribution in [0.3, 0.4) is 0 Å². The van der Waals surface area contributed by atoms with E-state index in [4.69, 9.17) is 9.47 Å². The Balaban J connectivity index is 1.25. The van der Waals surface area contributed by atoms with Crippen molar-refractivity contribution in [3.05, 3.63) is 47.5 Å². The third kappa shape index (κ3) is 4.59. The average molecular weight is 424 g/mol. The van der Waals surface area contributed by atoms with E-state index < -0.39 is 5.97 Å². The summed E-state index contributed by atoms with van der Waals surface area (Å²) in [6.45, 7) is 0.854. The van der Waals surface area contributed by atoms with Gasteiger partial charge in [0.15, 0.2) is 6.61 Å². The molecule has 2 aromatic carbocycles. The first-order chi connectivity index (χ1) is 15.0. The number of carbonyl (C=O) groups is 4. The number of amides is 3. The molecular weight excluding hydrogens is 400 g/mol. The molecule has 1 atom stereocenters. The second-order valence-electron chi connectivity index (χ2n) is 7.67. The molecule has 0 aliphatic carbocycles. The highest BCUT2D eigenvalue weighted by molar-refractivity contribution is 6.25. The standard InChI is InChI=1S/C23H24N2O6/c26-19(24-13-16-7-4-12-30-16)14-31-20(27)10-3-11-25-22(28)17-8-1-5-15-6-2-9-18(21(15)17)23(25)29/h1-2,5-6,8-9,16H,3-4,7,10-14H2,(H,24,26). The number of benzene rings is 2. The SMILES string of the molecule is O=C(COC(=O)CCCN1C(=O)c2cccc3cccc(c23)C1=O)NCC1CCCO1. The maximum Gasteiger partial charge on any atom is 0.306 e. The van der Waals surface area contributed by atoms with Crippen LogP contribution in [-0.2, 0) is 19.1 Å². The zero-order chi connectivity index (χ0) is 21.8. The Morgan fingerprint density at radius 2 is 1.81 bits per heavy atom. The molecule has 0 bridgehead atoms. The summed E-state index contributed by atoms with van der Waals surface area (Å²) in [7, 11) is 0. The van der Waals surface area contributed by atoms with E-state index in [9.17, 15) is 19.2 Å². The van der Waals surface area contributed by atoms with E-state index in [1.165, 1.54) is 4.90 Å². The first-order valence-corrected chi connectivity index (χ1v) is 10.5. The number of nitrogens with zero attached hydrogens (tertiary/aromatic N) is 1. The molecule has 1 unspecified atom stereocenters. The number of carbonyl (C=O) groups excluding carboxylic acids is 4. The number of hydrogen-bond acceptors (Lipinski definition) is 6. The molecule has 2 aromatic rings. The van der Waals surface area contributed by atoms with Crippen LogP contribution in [0.1, 0.15) is 46.4 Å². The molecule has 0 saturated carbocycles. The van der Waals surface area contributed by atoms with Crippen molar-refractivity contribution >= 4 is 34.5 Å². The van der Waals surface area contributed by atoms with Gasteiger partial charge in [-0.05, 0) is 36.8 Å². The van der Waals surface area contributed by atoms with Crippen molar-refractivity contribution < 1.29 is 28.7 Å². The Kier molecular flexibility index (Phi) is 6.27. The van der Waals surface area contributed by atoms with Gasteiger partial charge >= 0.3 is 5.97 Å². The normalized spacial score (nSPS) is 17.8. The Labute approximate surface area is 179 Å². The van der Waals surface area contributed by atoms with Crippen molar-refractivity contribution in [2.24, 2.45) is 0 Å². The summed E-state index contributed by atoms with van der Waals surface area (Å²) in [5, 5.41) is 4.20. The molecule has 0 spiro atoms. The van der Waals surface area contributed by atoms with Crippen LogP contribution in [0.25, 0.3) is 10.8 Å². The fraction of sp³-hybridized carbons (Fsp3) is 0.391. The van der Waals surface area contributed by atoms with Crippen LogP contribution < -0.4 is 5.32 Å². The Morgan fingerprint density at radius 1 is 1.10 bits per heavy atom. The zero-order valence-electron chi connectivity index (χ0n) is 17.1. The lowest BCUT2D eigenvalue weighted by atomic mass is 9.94. The molecular formula is C23H24N2O6.